The average molecular weight is 293 g/mol. The Morgan fingerprint density at radius 1 is 1.48 bits per heavy atom. The van der Waals surface area contributed by atoms with Crippen molar-refractivity contribution in [3.05, 3.63) is 18.0 Å². The van der Waals surface area contributed by atoms with E-state index < -0.39 is 0 Å². The van der Waals surface area contributed by atoms with Gasteiger partial charge in [0.05, 0.1) is 19.7 Å². The summed E-state index contributed by atoms with van der Waals surface area (Å²) in [6.45, 7) is 2.06. The molecule has 0 radical (unpaired) electrons. The van der Waals surface area contributed by atoms with E-state index in [0.717, 1.165) is 0 Å². The first-order valence-electron chi connectivity index (χ1n) is 6.89. The number of aromatic amines is 1. The van der Waals surface area contributed by atoms with E-state index in [0.29, 0.717) is 31.9 Å². The number of nitrogens with one attached hydrogen (secondary N) is 2. The minimum Gasteiger partial charge on any atom is -0.368 e. The van der Waals surface area contributed by atoms with Crippen LogP contribution < -0.4 is 5.32 Å². The van der Waals surface area contributed by atoms with Gasteiger partial charge in [-0.1, -0.05) is 0 Å². The van der Waals surface area contributed by atoms with E-state index in [2.05, 4.69) is 15.5 Å². The Morgan fingerprint density at radius 3 is 2.81 bits per heavy atom. The van der Waals surface area contributed by atoms with Crippen LogP contribution in [0.4, 0.5) is 0 Å². The summed E-state index contributed by atoms with van der Waals surface area (Å²) in [4.78, 5) is 27.6. The number of aromatic nitrogens is 2. The van der Waals surface area contributed by atoms with Crippen LogP contribution in [0.1, 0.15) is 10.5 Å². The summed E-state index contributed by atoms with van der Waals surface area (Å²) in [5.74, 6) is -0.116. The van der Waals surface area contributed by atoms with Crippen molar-refractivity contribution in [2.24, 2.45) is 0 Å². The highest BCUT2D eigenvalue weighted by Gasteiger charge is 2.51. The number of morpholine rings is 1. The number of carbonyl (C=O) groups is 2. The zero-order valence-electron chi connectivity index (χ0n) is 12.1. The lowest BCUT2D eigenvalue weighted by molar-refractivity contribution is -0.187. The second-order valence-electron chi connectivity index (χ2n) is 5.67. The molecule has 0 saturated carbocycles. The normalized spacial score (nSPS) is 24.7. The summed E-state index contributed by atoms with van der Waals surface area (Å²) in [5.41, 5.74) is 0.131. The monoisotopic (exact) mass is 293 g/mol. The van der Waals surface area contributed by atoms with Crippen LogP contribution in [0.5, 0.6) is 0 Å². The van der Waals surface area contributed by atoms with Gasteiger partial charge in [0.2, 0.25) is 5.91 Å². The number of nitrogens with zero attached hydrogens (tertiary/aromatic N) is 3. The highest BCUT2D eigenvalue weighted by molar-refractivity contribution is 5.93. The van der Waals surface area contributed by atoms with E-state index >= 15 is 0 Å². The van der Waals surface area contributed by atoms with Crippen LogP contribution in [0.3, 0.4) is 0 Å². The van der Waals surface area contributed by atoms with Gasteiger partial charge in [-0.2, -0.15) is 5.10 Å². The van der Waals surface area contributed by atoms with E-state index in [-0.39, 0.29) is 23.5 Å². The maximum atomic E-state index is 12.1. The molecule has 0 aromatic carbocycles. The number of rotatable bonds is 2. The van der Waals surface area contributed by atoms with Crippen molar-refractivity contribution in [1.82, 2.24) is 25.3 Å². The Hall–Kier alpha value is -1.93. The third-order valence-electron chi connectivity index (χ3n) is 4.14. The van der Waals surface area contributed by atoms with Crippen LogP contribution in [0.2, 0.25) is 0 Å². The summed E-state index contributed by atoms with van der Waals surface area (Å²) < 4.78 is 5.88. The molecule has 8 nitrogen and oxygen atoms in total. The molecule has 1 aromatic rings. The molecule has 2 aliphatic rings. The van der Waals surface area contributed by atoms with E-state index in [1.165, 1.54) is 0 Å². The van der Waals surface area contributed by atoms with Gasteiger partial charge in [0.15, 0.2) is 0 Å². The van der Waals surface area contributed by atoms with Crippen molar-refractivity contribution in [1.29, 1.82) is 0 Å². The van der Waals surface area contributed by atoms with Crippen LogP contribution in [0.15, 0.2) is 12.3 Å². The van der Waals surface area contributed by atoms with Crippen molar-refractivity contribution in [3.8, 4) is 0 Å². The van der Waals surface area contributed by atoms with E-state index in [1.807, 2.05) is 11.9 Å². The number of ether oxygens (including phenoxy) is 1. The number of hydrogen-bond donors (Lipinski definition) is 2. The number of amides is 2. The number of hydrogen-bond acceptors (Lipinski definition) is 5. The molecule has 2 saturated heterocycles. The molecule has 2 amide bonds. The molecule has 1 spiro atoms. The van der Waals surface area contributed by atoms with Crippen molar-refractivity contribution in [3.63, 3.8) is 0 Å². The third kappa shape index (κ3) is 2.40. The highest BCUT2D eigenvalue weighted by atomic mass is 16.5. The number of H-pyrrole nitrogens is 1. The molecule has 21 heavy (non-hydrogen) atoms. The molecule has 0 aliphatic carbocycles. The summed E-state index contributed by atoms with van der Waals surface area (Å²) in [6, 6.07) is 1.39. The lowest BCUT2D eigenvalue weighted by Gasteiger charge is -2.54. The quantitative estimate of drug-likeness (QED) is 0.706. The Kier molecular flexibility index (Phi) is 3.42. The molecule has 1 atom stereocenters. The maximum absolute atomic E-state index is 12.1. The smallest absolute Gasteiger partial charge is 0.272 e. The van der Waals surface area contributed by atoms with Gasteiger partial charge in [-0.3, -0.25) is 19.6 Å². The largest absolute Gasteiger partial charge is 0.368 e. The van der Waals surface area contributed by atoms with Crippen molar-refractivity contribution < 1.29 is 14.3 Å². The topological polar surface area (TPSA) is 90.6 Å². The second-order valence-corrected chi connectivity index (χ2v) is 5.67. The van der Waals surface area contributed by atoms with Gasteiger partial charge in [0.1, 0.15) is 17.3 Å². The zero-order chi connectivity index (χ0) is 15.0. The van der Waals surface area contributed by atoms with Crippen molar-refractivity contribution in [2.45, 2.75) is 11.6 Å². The summed E-state index contributed by atoms with van der Waals surface area (Å²) in [7, 11) is 3.53. The molecule has 2 fully saturated rings. The number of carbonyl (C=O) groups excluding carboxylic acids is 2. The Labute approximate surface area is 122 Å². The van der Waals surface area contributed by atoms with Gasteiger partial charge in [0.25, 0.3) is 5.91 Å². The predicted octanol–water partition coefficient (Wildman–Crippen LogP) is -1.32. The maximum Gasteiger partial charge on any atom is 0.272 e. The van der Waals surface area contributed by atoms with Gasteiger partial charge in [-0.15, -0.1) is 0 Å². The van der Waals surface area contributed by atoms with Crippen molar-refractivity contribution in [2.75, 3.05) is 40.3 Å². The average Bonchev–Trinajstić information content (AvgIpc) is 2.97. The third-order valence-corrected chi connectivity index (χ3v) is 4.14. The number of likely N-dealkylation sites (N-methyl/N-ethyl adjacent to an activating group) is 2. The van der Waals surface area contributed by atoms with Gasteiger partial charge in [0, 0.05) is 19.8 Å². The highest BCUT2D eigenvalue weighted by Crippen LogP contribution is 2.31. The van der Waals surface area contributed by atoms with Gasteiger partial charge in [-0.25, -0.2) is 0 Å². The van der Waals surface area contributed by atoms with Crippen molar-refractivity contribution >= 4 is 11.8 Å². The molecule has 1 aromatic heterocycles. The number of likely N-dealkylation sites (tertiary alicyclic amines) is 1. The van der Waals surface area contributed by atoms with E-state index in [9.17, 15) is 9.59 Å². The summed E-state index contributed by atoms with van der Waals surface area (Å²) in [5, 5.41) is 9.09. The van der Waals surface area contributed by atoms with Crippen LogP contribution in [-0.4, -0.2) is 83.8 Å². The fourth-order valence-corrected chi connectivity index (χ4v) is 2.97. The fourth-order valence-electron chi connectivity index (χ4n) is 2.97. The molecular weight excluding hydrogens is 274 g/mol. The fraction of sp³-hybridized carbons (Fsp3) is 0.615. The van der Waals surface area contributed by atoms with Gasteiger partial charge in [-0.05, 0) is 13.1 Å². The van der Waals surface area contributed by atoms with Crippen LogP contribution in [0.25, 0.3) is 0 Å². The minimum absolute atomic E-state index is 0.0444. The lowest BCUT2D eigenvalue weighted by Crippen LogP contribution is -2.73. The van der Waals surface area contributed by atoms with Crippen LogP contribution >= 0.6 is 0 Å². The lowest BCUT2D eigenvalue weighted by atomic mass is 9.90. The summed E-state index contributed by atoms with van der Waals surface area (Å²) >= 11 is 0. The van der Waals surface area contributed by atoms with Gasteiger partial charge >= 0.3 is 0 Å². The van der Waals surface area contributed by atoms with Gasteiger partial charge < -0.3 is 15.0 Å². The molecule has 114 valence electrons. The van der Waals surface area contributed by atoms with E-state index in [4.69, 9.17) is 4.74 Å². The SMILES string of the molecule is CNC(=O)[C@H]1COC2(CN(C(=O)c3ccn[nH]3)C2)CN1C. The molecule has 2 aliphatic heterocycles. The molecular formula is C13H19N5O3. The predicted molar refractivity (Wildman–Crippen MR) is 73.7 cm³/mol. The standard InChI is InChI=1S/C13H19N5O3/c1-14-11(19)10-5-21-13(6-17(10)2)7-18(8-13)12(20)9-3-4-15-16-9/h3-4,10H,5-8H2,1-2H3,(H,14,19)(H,15,16)/t10-/m1/s1. The molecule has 2 N–H and O–H groups in total. The minimum atomic E-state index is -0.352. The Bertz CT molecular complexity index is 538. The molecule has 3 rings (SSSR count). The molecule has 0 bridgehead atoms. The molecule has 3 heterocycles. The molecule has 0 unspecified atom stereocenters. The first-order valence-corrected chi connectivity index (χ1v) is 6.89. The van der Waals surface area contributed by atoms with E-state index in [1.54, 1.807) is 24.2 Å². The summed E-state index contributed by atoms with van der Waals surface area (Å²) in [6.07, 6.45) is 1.56. The molecule has 8 heteroatoms. The first-order chi connectivity index (χ1) is 10.0. The van der Waals surface area contributed by atoms with Crippen LogP contribution in [-0.2, 0) is 9.53 Å². The first kappa shape index (κ1) is 14.0. The zero-order valence-corrected chi connectivity index (χ0v) is 12.1. The Balaban J connectivity index is 1.58. The Morgan fingerprint density at radius 2 is 2.24 bits per heavy atom. The second kappa shape index (κ2) is 5.12. The van der Waals surface area contributed by atoms with Crippen LogP contribution in [0, 0.1) is 0 Å².